The number of fused-ring (bicyclic) bond motifs is 2. The van der Waals surface area contributed by atoms with E-state index in [-0.39, 0.29) is 61.2 Å². The lowest BCUT2D eigenvalue weighted by Gasteiger charge is -2.30. The molecule has 0 bridgehead atoms. The fraction of sp³-hybridized carbons (Fsp3) is 0.492. The number of carbonyl (C=O) groups is 5. The third kappa shape index (κ3) is 16.2. The molecule has 4 aromatic rings. The number of nitrogens with one attached hydrogen (secondary N) is 4. The largest absolute Gasteiger partial charge is 0.497 e. The Bertz CT molecular complexity index is 2930. The number of amides is 4. The van der Waals surface area contributed by atoms with Crippen molar-refractivity contribution >= 4 is 74.5 Å². The molecule has 21 heteroatoms. The van der Waals surface area contributed by atoms with Gasteiger partial charge in [0.05, 0.1) is 40.0 Å². The van der Waals surface area contributed by atoms with Crippen LogP contribution in [0.25, 0.3) is 21.5 Å². The van der Waals surface area contributed by atoms with E-state index in [0.29, 0.717) is 60.8 Å². The summed E-state index contributed by atoms with van der Waals surface area (Å²) in [4.78, 5) is 77.3. The molecule has 0 radical (unpaired) electrons. The first-order valence-corrected chi connectivity index (χ1v) is 28.7. The van der Waals surface area contributed by atoms with Crippen LogP contribution in [-0.4, -0.2) is 153 Å². The standard InChI is InChI=1S/C31H39ClN4O6.C23H26ClN3O5.C7H15N/c1-6-9-10-11-14-35(4)30(39)36-19-23(42-28-24-13-12-22(40-5)15-20(24)16-26(32)33-28)17-25(36)27(37)34-31(18-21(31)7-2)29(38)41-8-3;1-4-14-11-23(14,22(29)31-5-2)27-20(28)18-10-16(12-25-18)32-21-17-7-6-15(30-3)8-13(17)9-19(24)26-21;1-3-4-5-6-7-8-2/h6-7,12-13,15-16,21,23,25H,1-2,8-11,14,17-19H2,3-5H3,(H,34,37);4,6-9,14,16,18,25H,1,5,10-12H2,2-3H3,(H,27,28);3,8H,1,4-7H2,2H3/t21-,23-,25+,31-;14-,16-,18+,23-;/m11./s1. The zero-order chi connectivity index (χ0) is 59.6. The Hall–Kier alpha value is -6.93. The molecule has 0 unspecified atom stereocenters. The Morgan fingerprint density at radius 2 is 1.24 bits per heavy atom. The number of rotatable bonds is 26. The van der Waals surface area contributed by atoms with Crippen molar-refractivity contribution in [3.05, 3.63) is 109 Å². The molecule has 19 nitrogen and oxygen atoms in total. The van der Waals surface area contributed by atoms with Crippen molar-refractivity contribution in [2.75, 3.05) is 67.7 Å². The van der Waals surface area contributed by atoms with Gasteiger partial charge in [-0.1, -0.05) is 47.5 Å². The number of likely N-dealkylation sites (tertiary alicyclic amines) is 1. The maximum atomic E-state index is 13.8. The highest BCUT2D eigenvalue weighted by atomic mass is 35.5. The molecule has 0 spiro atoms. The number of hydrogen-bond donors (Lipinski definition) is 4. The molecule has 4 heterocycles. The third-order valence-corrected chi connectivity index (χ3v) is 15.2. The fourth-order valence-electron chi connectivity index (χ4n) is 10.1. The Morgan fingerprint density at radius 1 is 0.732 bits per heavy atom. The predicted octanol–water partition coefficient (Wildman–Crippen LogP) is 8.94. The van der Waals surface area contributed by atoms with Crippen LogP contribution >= 0.6 is 23.2 Å². The lowest BCUT2D eigenvalue weighted by molar-refractivity contribution is -0.149. The first-order valence-electron chi connectivity index (χ1n) is 28.0. The van der Waals surface area contributed by atoms with Gasteiger partial charge >= 0.3 is 18.0 Å². The van der Waals surface area contributed by atoms with Crippen LogP contribution in [0, 0.1) is 11.8 Å². The highest BCUT2D eigenvalue weighted by Gasteiger charge is 2.63. The van der Waals surface area contributed by atoms with Crippen molar-refractivity contribution in [3.63, 3.8) is 0 Å². The molecule has 2 saturated carbocycles. The summed E-state index contributed by atoms with van der Waals surface area (Å²) >= 11 is 12.5. The molecule has 2 aliphatic heterocycles. The van der Waals surface area contributed by atoms with E-state index in [0.717, 1.165) is 53.8 Å². The molecule has 2 aromatic heterocycles. The number of carbonyl (C=O) groups excluding carboxylic acids is 5. The number of allylic oxidation sites excluding steroid dienone is 2. The van der Waals surface area contributed by atoms with Crippen LogP contribution < -0.4 is 40.2 Å². The number of unbranched alkanes of at least 4 members (excludes halogenated alkanes) is 4. The summed E-state index contributed by atoms with van der Waals surface area (Å²) < 4.78 is 33.5. The van der Waals surface area contributed by atoms with Gasteiger partial charge in [0.15, 0.2) is 0 Å². The number of ether oxygens (including phenoxy) is 6. The molecule has 4 N–H and O–H groups in total. The number of benzene rings is 2. The van der Waals surface area contributed by atoms with Crippen LogP contribution in [0.5, 0.6) is 23.3 Å². The number of pyridine rings is 2. The molecule has 4 fully saturated rings. The van der Waals surface area contributed by atoms with Crippen molar-refractivity contribution in [1.29, 1.82) is 0 Å². The lowest BCUT2D eigenvalue weighted by Crippen LogP contribution is -2.55. The summed E-state index contributed by atoms with van der Waals surface area (Å²) in [5.41, 5.74) is -2.19. The minimum absolute atomic E-state index is 0.127. The monoisotopic (exact) mass is 1170 g/mol. The van der Waals surface area contributed by atoms with Crippen LogP contribution in [0.1, 0.15) is 78.1 Å². The molecule has 2 aromatic carbocycles. The Morgan fingerprint density at radius 3 is 1.72 bits per heavy atom. The van der Waals surface area contributed by atoms with Gasteiger partial charge in [0.25, 0.3) is 0 Å². The van der Waals surface area contributed by atoms with Crippen LogP contribution in [0.15, 0.2) is 99.2 Å². The minimum atomic E-state index is -1.18. The smallest absolute Gasteiger partial charge is 0.332 e. The lowest BCUT2D eigenvalue weighted by atomic mass is 10.1. The summed E-state index contributed by atoms with van der Waals surface area (Å²) in [6, 6.07) is 12.8. The number of esters is 2. The number of halogens is 2. The Kier molecular flexibility index (Phi) is 23.8. The predicted molar refractivity (Wildman–Crippen MR) is 319 cm³/mol. The van der Waals surface area contributed by atoms with Gasteiger partial charge in [-0.05, 0) is 138 Å². The number of aromatic nitrogens is 2. The van der Waals surface area contributed by atoms with Crippen molar-refractivity contribution in [3.8, 4) is 23.3 Å². The van der Waals surface area contributed by atoms with E-state index in [1.165, 1.54) is 17.7 Å². The molecular weight excluding hydrogens is 1090 g/mol. The molecule has 4 aliphatic rings. The van der Waals surface area contributed by atoms with Gasteiger partial charge in [0.2, 0.25) is 23.6 Å². The highest BCUT2D eigenvalue weighted by molar-refractivity contribution is 6.30. The normalized spacial score (nSPS) is 22.9. The van der Waals surface area contributed by atoms with Gasteiger partial charge in [-0.3, -0.25) is 9.59 Å². The Labute approximate surface area is 491 Å². The molecular formula is C61H80Cl2N8O11. The average molecular weight is 1170 g/mol. The second-order valence-electron chi connectivity index (χ2n) is 20.6. The second-order valence-corrected chi connectivity index (χ2v) is 21.4. The summed E-state index contributed by atoms with van der Waals surface area (Å²) in [7, 11) is 6.88. The molecule has 2 saturated heterocycles. The van der Waals surface area contributed by atoms with E-state index in [2.05, 4.69) is 57.6 Å². The van der Waals surface area contributed by atoms with Crippen LogP contribution in [-0.2, 0) is 28.7 Å². The van der Waals surface area contributed by atoms with Crippen LogP contribution in [0.3, 0.4) is 0 Å². The molecule has 2 aliphatic carbocycles. The van der Waals surface area contributed by atoms with Crippen LogP contribution in [0.2, 0.25) is 10.3 Å². The summed E-state index contributed by atoms with van der Waals surface area (Å²) in [5.74, 6) is 0.0666. The molecule has 444 valence electrons. The third-order valence-electron chi connectivity index (χ3n) is 14.9. The van der Waals surface area contributed by atoms with E-state index >= 15 is 0 Å². The number of hydrogen-bond acceptors (Lipinski definition) is 15. The first-order chi connectivity index (χ1) is 39.5. The van der Waals surface area contributed by atoms with E-state index in [9.17, 15) is 24.0 Å². The minimum Gasteiger partial charge on any atom is -0.497 e. The Balaban J connectivity index is 0.000000239. The zero-order valence-corrected chi connectivity index (χ0v) is 49.6. The number of methoxy groups -OCH3 is 2. The van der Waals surface area contributed by atoms with Crippen molar-refractivity contribution in [2.24, 2.45) is 11.8 Å². The average Bonchev–Trinajstić information content (AvgIpc) is 2.57. The molecule has 8 rings (SSSR count). The van der Waals surface area contributed by atoms with E-state index < -0.39 is 47.1 Å². The second kappa shape index (κ2) is 30.4. The fourth-order valence-corrected chi connectivity index (χ4v) is 10.5. The number of nitrogens with zero attached hydrogens (tertiary/aromatic N) is 4. The molecule has 8 atom stereocenters. The van der Waals surface area contributed by atoms with E-state index in [1.807, 2.05) is 49.5 Å². The van der Waals surface area contributed by atoms with Gasteiger partial charge in [0.1, 0.15) is 51.1 Å². The van der Waals surface area contributed by atoms with Gasteiger partial charge in [-0.2, -0.15) is 0 Å². The van der Waals surface area contributed by atoms with Gasteiger partial charge < -0.3 is 59.5 Å². The van der Waals surface area contributed by atoms with Gasteiger partial charge in [-0.25, -0.2) is 24.4 Å². The van der Waals surface area contributed by atoms with Crippen molar-refractivity contribution < 1.29 is 52.4 Å². The van der Waals surface area contributed by atoms with Crippen molar-refractivity contribution in [2.45, 2.75) is 113 Å². The topological polar surface area (TPSA) is 221 Å². The maximum Gasteiger partial charge on any atom is 0.332 e. The van der Waals surface area contributed by atoms with E-state index in [4.69, 9.17) is 51.6 Å². The maximum absolute atomic E-state index is 13.8. The van der Waals surface area contributed by atoms with Gasteiger partial charge in [0, 0.05) is 55.6 Å². The molecule has 4 amide bonds. The summed E-state index contributed by atoms with van der Waals surface area (Å²) in [5, 5.41) is 15.7. The number of urea groups is 1. The molecule has 82 heavy (non-hydrogen) atoms. The first kappa shape index (κ1) is 64.2. The van der Waals surface area contributed by atoms with Crippen molar-refractivity contribution in [1.82, 2.24) is 41.0 Å². The zero-order valence-electron chi connectivity index (χ0n) is 48.1. The SMILES string of the molecule is C=CCCCCN(C)C(=O)N1C[C@H](Oc2nc(Cl)cc3cc(OC)ccc23)C[C@H]1C(=O)N[C@]1(C(=O)OCC)C[C@H]1C=C.C=CCCCCNC.C=C[C@@H]1C[C@]1(NC(=O)[C@@H]1C[C@@H](Oc2nc(Cl)cc3cc(OC)ccc23)CN1)C(=O)OCC. The van der Waals surface area contributed by atoms with Crippen LogP contribution in [0.4, 0.5) is 4.79 Å². The highest BCUT2D eigenvalue weighted by Crippen LogP contribution is 2.47. The quantitative estimate of drug-likeness (QED) is 0.0200. The summed E-state index contributed by atoms with van der Waals surface area (Å²) in [6.45, 7) is 21.1. The summed E-state index contributed by atoms with van der Waals surface area (Å²) in [6.07, 6.45) is 14.1. The van der Waals surface area contributed by atoms with Gasteiger partial charge in [-0.15, -0.1) is 26.3 Å². The van der Waals surface area contributed by atoms with E-state index in [1.54, 1.807) is 70.4 Å².